The van der Waals surface area contributed by atoms with Crippen LogP contribution in [0.25, 0.3) is 0 Å². The molecule has 1 aromatic carbocycles. The van der Waals surface area contributed by atoms with Crippen LogP contribution in [0.3, 0.4) is 0 Å². The van der Waals surface area contributed by atoms with Crippen LogP contribution in [0.2, 0.25) is 0 Å². The normalized spacial score (nSPS) is 11.8. The van der Waals surface area contributed by atoms with Crippen molar-refractivity contribution in [3.05, 3.63) is 47.8 Å². The highest BCUT2D eigenvalue weighted by molar-refractivity contribution is 7.99. The number of nitriles is 1. The summed E-state index contributed by atoms with van der Waals surface area (Å²) in [4.78, 5) is 0. The molecule has 1 unspecified atom stereocenters. The molecule has 1 atom stereocenters. The largest absolute Gasteiger partial charge is 0.330 e. The van der Waals surface area contributed by atoms with Crippen LogP contribution in [-0.4, -0.2) is 11.8 Å². The van der Waals surface area contributed by atoms with Crippen molar-refractivity contribution in [2.45, 2.75) is 17.4 Å². The number of rotatable bonds is 6. The Morgan fingerprint density at radius 2 is 2.35 bits per heavy atom. The Morgan fingerprint density at radius 3 is 2.94 bits per heavy atom. The van der Waals surface area contributed by atoms with Gasteiger partial charge < -0.3 is 5.73 Å². The van der Waals surface area contributed by atoms with E-state index in [1.54, 1.807) is 17.8 Å². The maximum atomic E-state index is 12.9. The summed E-state index contributed by atoms with van der Waals surface area (Å²) < 4.78 is 12.9. The van der Waals surface area contributed by atoms with Gasteiger partial charge in [0.05, 0.1) is 11.6 Å². The Kier molecular flexibility index (Phi) is 5.75. The van der Waals surface area contributed by atoms with Gasteiger partial charge in [0.1, 0.15) is 5.82 Å². The van der Waals surface area contributed by atoms with E-state index in [4.69, 9.17) is 11.0 Å². The van der Waals surface area contributed by atoms with Gasteiger partial charge in [0, 0.05) is 11.0 Å². The molecule has 1 aromatic rings. The number of hydrogen-bond acceptors (Lipinski definition) is 3. The number of nitrogens with two attached hydrogens (primary N) is 1. The summed E-state index contributed by atoms with van der Waals surface area (Å²) in [5.74, 6) is 0.289. The summed E-state index contributed by atoms with van der Waals surface area (Å²) >= 11 is 1.66. The van der Waals surface area contributed by atoms with E-state index in [1.165, 1.54) is 12.1 Å². The van der Waals surface area contributed by atoms with Gasteiger partial charge in [-0.1, -0.05) is 12.1 Å². The third kappa shape index (κ3) is 4.22. The molecular weight excluding hydrogens is 235 g/mol. The van der Waals surface area contributed by atoms with Crippen molar-refractivity contribution in [2.75, 3.05) is 6.54 Å². The maximum absolute atomic E-state index is 12.9. The zero-order chi connectivity index (χ0) is 12.7. The van der Waals surface area contributed by atoms with Crippen LogP contribution >= 0.6 is 11.8 Å². The fraction of sp³-hybridized carbons (Fsp3) is 0.308. The number of benzene rings is 1. The molecule has 0 fully saturated rings. The third-order valence-corrected chi connectivity index (χ3v) is 3.69. The lowest BCUT2D eigenvalue weighted by molar-refractivity contribution is 0.627. The van der Waals surface area contributed by atoms with Crippen LogP contribution in [0.1, 0.15) is 17.5 Å². The van der Waals surface area contributed by atoms with Crippen LogP contribution in [0.15, 0.2) is 30.9 Å². The van der Waals surface area contributed by atoms with Crippen molar-refractivity contribution >= 4 is 11.8 Å². The van der Waals surface area contributed by atoms with Gasteiger partial charge in [-0.3, -0.25) is 0 Å². The van der Waals surface area contributed by atoms with Crippen LogP contribution < -0.4 is 5.73 Å². The van der Waals surface area contributed by atoms with Crippen LogP contribution in [0, 0.1) is 17.1 Å². The highest BCUT2D eigenvalue weighted by atomic mass is 32.2. The van der Waals surface area contributed by atoms with E-state index in [-0.39, 0.29) is 11.1 Å². The Hall–Kier alpha value is -1.31. The number of halogens is 1. The lowest BCUT2D eigenvalue weighted by Gasteiger charge is -2.11. The second-order valence-electron chi connectivity index (χ2n) is 3.58. The average molecular weight is 250 g/mol. The first-order valence-electron chi connectivity index (χ1n) is 5.34. The minimum atomic E-state index is -0.377. The molecule has 0 spiro atoms. The molecule has 0 aliphatic rings. The molecular formula is C13H15FN2S. The topological polar surface area (TPSA) is 49.8 Å². The van der Waals surface area contributed by atoms with E-state index in [2.05, 4.69) is 6.58 Å². The summed E-state index contributed by atoms with van der Waals surface area (Å²) in [6.45, 7) is 4.36. The average Bonchev–Trinajstić information content (AvgIpc) is 2.35. The second-order valence-corrected chi connectivity index (χ2v) is 4.80. The molecule has 2 nitrogen and oxygen atoms in total. The van der Waals surface area contributed by atoms with Crippen molar-refractivity contribution in [1.82, 2.24) is 0 Å². The van der Waals surface area contributed by atoms with Crippen molar-refractivity contribution in [2.24, 2.45) is 5.73 Å². The van der Waals surface area contributed by atoms with Gasteiger partial charge in [-0.15, -0.1) is 18.3 Å². The minimum Gasteiger partial charge on any atom is -0.330 e. The molecule has 4 heteroatoms. The van der Waals surface area contributed by atoms with Crippen LogP contribution in [0.4, 0.5) is 4.39 Å². The molecule has 0 amide bonds. The van der Waals surface area contributed by atoms with Gasteiger partial charge in [0.2, 0.25) is 0 Å². The summed E-state index contributed by atoms with van der Waals surface area (Å²) in [5, 5.41) is 9.18. The molecule has 17 heavy (non-hydrogen) atoms. The number of nitrogens with zero attached hydrogens (tertiary/aromatic N) is 1. The van der Waals surface area contributed by atoms with Gasteiger partial charge in [-0.25, -0.2) is 4.39 Å². The Morgan fingerprint density at radius 1 is 1.59 bits per heavy atom. The number of thioether (sulfide) groups is 1. The minimum absolute atomic E-state index is 0.275. The molecule has 0 aromatic heterocycles. The van der Waals surface area contributed by atoms with Crippen molar-refractivity contribution in [3.8, 4) is 6.07 Å². The first-order valence-corrected chi connectivity index (χ1v) is 6.39. The molecule has 90 valence electrons. The Balaban J connectivity index is 2.69. The van der Waals surface area contributed by atoms with Crippen molar-refractivity contribution in [3.63, 3.8) is 0 Å². The highest BCUT2D eigenvalue weighted by Gasteiger charge is 2.08. The van der Waals surface area contributed by atoms with E-state index in [0.717, 1.165) is 12.0 Å². The molecule has 0 saturated carbocycles. The van der Waals surface area contributed by atoms with E-state index < -0.39 is 0 Å². The molecule has 0 bridgehead atoms. The summed E-state index contributed by atoms with van der Waals surface area (Å²) in [6.07, 6.45) is 2.71. The summed E-state index contributed by atoms with van der Waals surface area (Å²) in [6, 6.07) is 6.31. The summed E-state index contributed by atoms with van der Waals surface area (Å²) in [7, 11) is 0. The van der Waals surface area contributed by atoms with Gasteiger partial charge in [0.25, 0.3) is 0 Å². The third-order valence-electron chi connectivity index (χ3n) is 2.36. The van der Waals surface area contributed by atoms with Gasteiger partial charge in [0.15, 0.2) is 0 Å². The smallest absolute Gasteiger partial charge is 0.124 e. The molecule has 0 saturated heterocycles. The van der Waals surface area contributed by atoms with Gasteiger partial charge in [-0.05, 0) is 30.7 Å². The standard InChI is InChI=1S/C13H15FN2S/c1-2-13(5-6-15)17-9-10-3-4-12(14)7-11(10)8-16/h2-4,7,13H,1,5-6,9,15H2. The summed E-state index contributed by atoms with van der Waals surface area (Å²) in [5.41, 5.74) is 6.73. The van der Waals surface area contributed by atoms with Gasteiger partial charge >= 0.3 is 0 Å². The van der Waals surface area contributed by atoms with E-state index in [9.17, 15) is 4.39 Å². The fourth-order valence-electron chi connectivity index (χ4n) is 1.41. The highest BCUT2D eigenvalue weighted by Crippen LogP contribution is 2.23. The zero-order valence-electron chi connectivity index (χ0n) is 9.53. The van der Waals surface area contributed by atoms with E-state index >= 15 is 0 Å². The predicted octanol–water partition coefficient (Wildman–Crippen LogP) is 2.83. The fourth-order valence-corrected chi connectivity index (χ4v) is 2.49. The van der Waals surface area contributed by atoms with Gasteiger partial charge in [-0.2, -0.15) is 5.26 Å². The van der Waals surface area contributed by atoms with Crippen LogP contribution in [0.5, 0.6) is 0 Å². The quantitative estimate of drug-likeness (QED) is 0.790. The van der Waals surface area contributed by atoms with Crippen LogP contribution in [-0.2, 0) is 5.75 Å². The van der Waals surface area contributed by atoms with E-state index in [1.807, 2.05) is 12.1 Å². The monoisotopic (exact) mass is 250 g/mol. The molecule has 1 rings (SSSR count). The molecule has 2 N–H and O–H groups in total. The lowest BCUT2D eigenvalue weighted by Crippen LogP contribution is -2.08. The first kappa shape index (κ1) is 13.8. The molecule has 0 aliphatic carbocycles. The Bertz CT molecular complexity index is 426. The molecule has 0 aliphatic heterocycles. The SMILES string of the molecule is C=CC(CCN)SCc1ccc(F)cc1C#N. The number of hydrogen-bond donors (Lipinski definition) is 1. The maximum Gasteiger partial charge on any atom is 0.124 e. The first-order chi connectivity index (χ1) is 8.21. The van der Waals surface area contributed by atoms with Crippen molar-refractivity contribution < 1.29 is 4.39 Å². The second kappa shape index (κ2) is 7.10. The zero-order valence-corrected chi connectivity index (χ0v) is 10.3. The molecule has 0 heterocycles. The lowest BCUT2D eigenvalue weighted by atomic mass is 10.1. The molecule has 0 radical (unpaired) electrons. The Labute approximate surface area is 105 Å². The van der Waals surface area contributed by atoms with E-state index in [0.29, 0.717) is 17.9 Å². The predicted molar refractivity (Wildman–Crippen MR) is 70.1 cm³/mol. The van der Waals surface area contributed by atoms with Crippen molar-refractivity contribution in [1.29, 1.82) is 5.26 Å².